The Kier molecular flexibility index (Phi) is 4.95. The molecule has 2 aliphatic carbocycles. The molecule has 4 aliphatic rings. The third-order valence-corrected chi connectivity index (χ3v) is 6.73. The molecule has 0 aromatic carbocycles. The molecule has 4 nitrogen and oxygen atoms in total. The number of rotatable bonds is 5. The minimum atomic E-state index is 0.214. The Balaban J connectivity index is 1.31. The van der Waals surface area contributed by atoms with Gasteiger partial charge in [-0.1, -0.05) is 12.2 Å². The lowest BCUT2D eigenvalue weighted by Crippen LogP contribution is -2.51. The van der Waals surface area contributed by atoms with Crippen molar-refractivity contribution in [3.63, 3.8) is 0 Å². The molecule has 0 N–H and O–H groups in total. The number of amides is 1. The first-order valence-corrected chi connectivity index (χ1v) is 9.86. The molecule has 3 fully saturated rings. The monoisotopic (exact) mass is 333 g/mol. The van der Waals surface area contributed by atoms with Gasteiger partial charge in [0.15, 0.2) is 0 Å². The molecule has 2 saturated heterocycles. The van der Waals surface area contributed by atoms with E-state index >= 15 is 0 Å². The number of carbonyl (C=O) groups excluding carboxylic acids is 1. The van der Waals surface area contributed by atoms with E-state index in [1.54, 1.807) is 0 Å². The molecule has 1 atom stereocenters. The van der Waals surface area contributed by atoms with Gasteiger partial charge in [0.1, 0.15) is 0 Å². The van der Waals surface area contributed by atoms with Crippen molar-refractivity contribution in [2.24, 2.45) is 23.2 Å². The van der Waals surface area contributed by atoms with Crippen molar-refractivity contribution in [3.05, 3.63) is 12.2 Å². The van der Waals surface area contributed by atoms with Gasteiger partial charge in [0, 0.05) is 38.1 Å². The highest BCUT2D eigenvalue weighted by molar-refractivity contribution is 5.79. The first-order valence-electron chi connectivity index (χ1n) is 9.86. The van der Waals surface area contributed by atoms with Gasteiger partial charge in [0.2, 0.25) is 5.91 Å². The van der Waals surface area contributed by atoms with Crippen LogP contribution in [0.1, 0.15) is 44.9 Å². The Morgan fingerprint density at radius 1 is 1.12 bits per heavy atom. The topological polar surface area (TPSA) is 38.8 Å². The summed E-state index contributed by atoms with van der Waals surface area (Å²) in [6.45, 7) is 5.34. The van der Waals surface area contributed by atoms with Crippen LogP contribution in [-0.2, 0) is 14.3 Å². The predicted octanol–water partition coefficient (Wildman–Crippen LogP) is 3.02. The smallest absolute Gasteiger partial charge is 0.226 e. The normalized spacial score (nSPS) is 30.2. The number of carbonyl (C=O) groups is 1. The molecule has 1 spiro atoms. The Hall–Kier alpha value is -0.870. The molecule has 4 rings (SSSR count). The van der Waals surface area contributed by atoms with E-state index in [1.165, 1.54) is 12.8 Å². The largest absolute Gasteiger partial charge is 0.381 e. The average Bonchev–Trinajstić information content (AvgIpc) is 3.27. The molecule has 1 amide bonds. The summed E-state index contributed by atoms with van der Waals surface area (Å²) < 4.78 is 11.8. The van der Waals surface area contributed by atoms with Crippen LogP contribution in [0.25, 0.3) is 0 Å². The zero-order valence-electron chi connectivity index (χ0n) is 14.8. The molecule has 0 aromatic heterocycles. The van der Waals surface area contributed by atoms with Gasteiger partial charge < -0.3 is 14.4 Å². The van der Waals surface area contributed by atoms with Crippen molar-refractivity contribution in [3.8, 4) is 0 Å². The molecule has 0 aromatic rings. The summed E-state index contributed by atoms with van der Waals surface area (Å²) in [5, 5.41) is 0. The molecule has 1 saturated carbocycles. The fraction of sp³-hybridized carbons (Fsp3) is 0.850. The molecule has 1 unspecified atom stereocenters. The average molecular weight is 333 g/mol. The molecule has 24 heavy (non-hydrogen) atoms. The fourth-order valence-corrected chi connectivity index (χ4v) is 4.68. The zero-order valence-corrected chi connectivity index (χ0v) is 14.8. The third-order valence-electron chi connectivity index (χ3n) is 6.73. The summed E-state index contributed by atoms with van der Waals surface area (Å²) in [7, 11) is 0. The fourth-order valence-electron chi connectivity index (χ4n) is 4.68. The Morgan fingerprint density at radius 2 is 1.88 bits per heavy atom. The quantitative estimate of drug-likeness (QED) is 0.726. The van der Waals surface area contributed by atoms with E-state index in [0.29, 0.717) is 17.2 Å². The SMILES string of the molecule is O=C(C1CC=CC1)N1CCC2(CCOCC2COCC2CC2)CC1. The molecule has 4 heteroatoms. The number of allylic oxidation sites excluding steroid dienone is 2. The highest BCUT2D eigenvalue weighted by atomic mass is 16.5. The van der Waals surface area contributed by atoms with Gasteiger partial charge in [0.25, 0.3) is 0 Å². The van der Waals surface area contributed by atoms with Crippen LogP contribution >= 0.6 is 0 Å². The minimum absolute atomic E-state index is 0.214. The maximum absolute atomic E-state index is 12.6. The van der Waals surface area contributed by atoms with Crippen molar-refractivity contribution < 1.29 is 14.3 Å². The summed E-state index contributed by atoms with van der Waals surface area (Å²) in [4.78, 5) is 14.8. The van der Waals surface area contributed by atoms with Crippen molar-refractivity contribution in [2.75, 3.05) is 39.5 Å². The number of nitrogens with zero attached hydrogens (tertiary/aromatic N) is 1. The van der Waals surface area contributed by atoms with Gasteiger partial charge in [-0.15, -0.1) is 0 Å². The number of piperidine rings is 1. The summed E-state index contributed by atoms with van der Waals surface area (Å²) in [5.74, 6) is 1.93. The molecular formula is C20H31NO3. The first kappa shape index (κ1) is 16.6. The van der Waals surface area contributed by atoms with Gasteiger partial charge in [-0.25, -0.2) is 0 Å². The zero-order chi connectivity index (χ0) is 16.4. The van der Waals surface area contributed by atoms with Crippen molar-refractivity contribution >= 4 is 5.91 Å². The highest BCUT2D eigenvalue weighted by Gasteiger charge is 2.44. The second-order valence-electron chi connectivity index (χ2n) is 8.33. The van der Waals surface area contributed by atoms with Gasteiger partial charge in [-0.05, 0) is 56.3 Å². The van der Waals surface area contributed by atoms with Crippen LogP contribution in [0.3, 0.4) is 0 Å². The van der Waals surface area contributed by atoms with Crippen LogP contribution in [0.5, 0.6) is 0 Å². The number of hydrogen-bond donors (Lipinski definition) is 0. The lowest BCUT2D eigenvalue weighted by atomic mass is 9.66. The number of ether oxygens (including phenoxy) is 2. The van der Waals surface area contributed by atoms with E-state index in [4.69, 9.17) is 9.47 Å². The second-order valence-corrected chi connectivity index (χ2v) is 8.33. The molecule has 2 heterocycles. The third kappa shape index (κ3) is 3.55. The van der Waals surface area contributed by atoms with E-state index in [1.807, 2.05) is 0 Å². The summed E-state index contributed by atoms with van der Waals surface area (Å²) in [5.41, 5.74) is 0.340. The summed E-state index contributed by atoms with van der Waals surface area (Å²) >= 11 is 0. The first-order chi connectivity index (χ1) is 11.8. The highest BCUT2D eigenvalue weighted by Crippen LogP contribution is 2.45. The van der Waals surface area contributed by atoms with Gasteiger partial charge >= 0.3 is 0 Å². The lowest BCUT2D eigenvalue weighted by Gasteiger charge is -2.49. The van der Waals surface area contributed by atoms with Crippen LogP contribution < -0.4 is 0 Å². The minimum Gasteiger partial charge on any atom is -0.381 e. The Morgan fingerprint density at radius 3 is 2.58 bits per heavy atom. The Labute approximate surface area is 145 Å². The molecule has 0 radical (unpaired) electrons. The predicted molar refractivity (Wildman–Crippen MR) is 92.6 cm³/mol. The molecular weight excluding hydrogens is 302 g/mol. The van der Waals surface area contributed by atoms with E-state index < -0.39 is 0 Å². The van der Waals surface area contributed by atoms with Crippen LogP contribution in [0.4, 0.5) is 0 Å². The summed E-state index contributed by atoms with van der Waals surface area (Å²) in [6.07, 6.45) is 12.3. The van der Waals surface area contributed by atoms with E-state index in [-0.39, 0.29) is 5.92 Å². The van der Waals surface area contributed by atoms with Crippen LogP contribution in [-0.4, -0.2) is 50.3 Å². The Bertz CT molecular complexity index is 469. The van der Waals surface area contributed by atoms with E-state index in [0.717, 1.165) is 77.5 Å². The van der Waals surface area contributed by atoms with Crippen molar-refractivity contribution in [1.29, 1.82) is 0 Å². The van der Waals surface area contributed by atoms with Crippen molar-refractivity contribution in [1.82, 2.24) is 4.90 Å². The van der Waals surface area contributed by atoms with Gasteiger partial charge in [0.05, 0.1) is 13.2 Å². The second kappa shape index (κ2) is 7.17. The molecule has 0 bridgehead atoms. The van der Waals surface area contributed by atoms with Crippen molar-refractivity contribution in [2.45, 2.75) is 44.9 Å². The standard InChI is InChI=1S/C20H31NO3/c22-19(17-3-1-2-4-17)21-10-7-20(8-11-21)9-12-23-14-18(20)15-24-13-16-5-6-16/h1-2,16-18H,3-15H2. The van der Waals surface area contributed by atoms with Crippen LogP contribution in [0, 0.1) is 23.2 Å². The maximum Gasteiger partial charge on any atom is 0.226 e. The van der Waals surface area contributed by atoms with Gasteiger partial charge in [-0.3, -0.25) is 4.79 Å². The van der Waals surface area contributed by atoms with E-state index in [9.17, 15) is 4.79 Å². The number of hydrogen-bond acceptors (Lipinski definition) is 3. The van der Waals surface area contributed by atoms with Gasteiger partial charge in [-0.2, -0.15) is 0 Å². The molecule has 2 aliphatic heterocycles. The number of likely N-dealkylation sites (tertiary alicyclic amines) is 1. The van der Waals surface area contributed by atoms with E-state index in [2.05, 4.69) is 17.1 Å². The summed E-state index contributed by atoms with van der Waals surface area (Å²) in [6, 6.07) is 0. The van der Waals surface area contributed by atoms with Crippen LogP contribution in [0.15, 0.2) is 12.2 Å². The molecule has 134 valence electrons. The lowest BCUT2D eigenvalue weighted by molar-refractivity contribution is -0.142. The van der Waals surface area contributed by atoms with Crippen LogP contribution in [0.2, 0.25) is 0 Å². The maximum atomic E-state index is 12.6.